The molecule has 0 fully saturated rings. The van der Waals surface area contributed by atoms with Gasteiger partial charge in [-0.1, -0.05) is 46.3 Å². The Morgan fingerprint density at radius 3 is 1.70 bits per heavy atom. The maximum absolute atomic E-state index is 2.23. The van der Waals surface area contributed by atoms with Crippen LogP contribution in [0, 0.1) is 5.92 Å². The van der Waals surface area contributed by atoms with Crippen LogP contribution in [0.4, 0.5) is 0 Å². The molecule has 0 rings (SSSR count). The quantitative estimate of drug-likeness (QED) is 0.511. The van der Waals surface area contributed by atoms with Crippen LogP contribution in [0.2, 0.25) is 0 Å². The summed E-state index contributed by atoms with van der Waals surface area (Å²) in [5.41, 5.74) is 1.56. The summed E-state index contributed by atoms with van der Waals surface area (Å²) in [5, 5.41) is 0. The Morgan fingerprint density at radius 2 is 1.70 bits per heavy atom. The van der Waals surface area contributed by atoms with Gasteiger partial charge in [-0.2, -0.15) is 0 Å². The molecule has 0 unspecified atom stereocenters. The maximum atomic E-state index is 2.23. The van der Waals surface area contributed by atoms with E-state index < -0.39 is 0 Å². The number of hydrogen-bond acceptors (Lipinski definition) is 0. The first-order valence-electron chi connectivity index (χ1n) is 4.37. The lowest BCUT2D eigenvalue weighted by Gasteiger charge is -2.05. The molecule has 0 aromatic heterocycles. The minimum atomic E-state index is 0.741. The monoisotopic (exact) mass is 142 g/mol. The van der Waals surface area contributed by atoms with Gasteiger partial charge in [0.15, 0.2) is 0 Å². The largest absolute Gasteiger partial charge is 0.0882 e. The summed E-state index contributed by atoms with van der Waals surface area (Å²) in [6.07, 6.45) is 3.42. The van der Waals surface area contributed by atoms with E-state index in [0.29, 0.717) is 0 Å². The molecule has 0 saturated carbocycles. The van der Waals surface area contributed by atoms with E-state index in [1.54, 1.807) is 5.57 Å². The molecule has 10 heavy (non-hydrogen) atoms. The van der Waals surface area contributed by atoms with E-state index in [2.05, 4.69) is 33.8 Å². The Balaban J connectivity index is 0. The first kappa shape index (κ1) is 12.4. The fourth-order valence-corrected chi connectivity index (χ4v) is 0.946. The number of hydrogen-bond donors (Lipinski definition) is 0. The van der Waals surface area contributed by atoms with E-state index in [1.807, 2.05) is 13.8 Å². The van der Waals surface area contributed by atoms with Gasteiger partial charge in [0.1, 0.15) is 0 Å². The van der Waals surface area contributed by atoms with Crippen LogP contribution >= 0.6 is 0 Å². The normalized spacial score (nSPS) is 10.9. The van der Waals surface area contributed by atoms with Gasteiger partial charge in [-0.15, -0.1) is 0 Å². The van der Waals surface area contributed by atoms with Crippen molar-refractivity contribution >= 4 is 0 Å². The van der Waals surface area contributed by atoms with E-state index in [1.165, 1.54) is 6.42 Å². The van der Waals surface area contributed by atoms with Crippen LogP contribution < -0.4 is 0 Å². The molecular weight excluding hydrogens is 120 g/mol. The zero-order chi connectivity index (χ0) is 8.57. The van der Waals surface area contributed by atoms with E-state index >= 15 is 0 Å². The molecule has 0 aliphatic rings. The predicted molar refractivity (Wildman–Crippen MR) is 50.2 cm³/mol. The summed E-state index contributed by atoms with van der Waals surface area (Å²) in [7, 11) is 0. The van der Waals surface area contributed by atoms with Crippen molar-refractivity contribution in [3.63, 3.8) is 0 Å². The Hall–Kier alpha value is -0.260. The van der Waals surface area contributed by atoms with Crippen LogP contribution in [0.15, 0.2) is 11.6 Å². The first-order chi connectivity index (χ1) is 4.72. The van der Waals surface area contributed by atoms with Crippen molar-refractivity contribution in [2.75, 3.05) is 0 Å². The van der Waals surface area contributed by atoms with Gasteiger partial charge in [0.2, 0.25) is 0 Å². The highest BCUT2D eigenvalue weighted by atomic mass is 14.0. The third-order valence-electron chi connectivity index (χ3n) is 1.52. The van der Waals surface area contributed by atoms with Crippen molar-refractivity contribution < 1.29 is 0 Å². The average Bonchev–Trinajstić information content (AvgIpc) is 1.94. The second-order valence-electron chi connectivity index (χ2n) is 2.37. The lowest BCUT2D eigenvalue weighted by molar-refractivity contribution is 0.730. The maximum Gasteiger partial charge on any atom is -0.0260 e. The number of rotatable bonds is 2. The summed E-state index contributed by atoms with van der Waals surface area (Å²) in [4.78, 5) is 0. The van der Waals surface area contributed by atoms with Crippen LogP contribution in [0.5, 0.6) is 0 Å². The molecule has 0 aromatic carbocycles. The van der Waals surface area contributed by atoms with E-state index in [9.17, 15) is 0 Å². The Kier molecular flexibility index (Phi) is 10.9. The molecule has 62 valence electrons. The van der Waals surface area contributed by atoms with Crippen molar-refractivity contribution in [1.82, 2.24) is 0 Å². The van der Waals surface area contributed by atoms with Crippen LogP contribution in [0.25, 0.3) is 0 Å². The molecule has 0 radical (unpaired) electrons. The fourth-order valence-electron chi connectivity index (χ4n) is 0.946. The third-order valence-corrected chi connectivity index (χ3v) is 1.52. The van der Waals surface area contributed by atoms with E-state index in [0.717, 1.165) is 5.92 Å². The minimum absolute atomic E-state index is 0.741. The smallest absolute Gasteiger partial charge is 0.0260 e. The molecule has 0 aliphatic carbocycles. The summed E-state index contributed by atoms with van der Waals surface area (Å²) in [6.45, 7) is 12.8. The summed E-state index contributed by atoms with van der Waals surface area (Å²) in [6, 6.07) is 0. The first-order valence-corrected chi connectivity index (χ1v) is 4.37. The van der Waals surface area contributed by atoms with Gasteiger partial charge in [-0.05, 0) is 19.3 Å². The zero-order valence-corrected chi connectivity index (χ0v) is 8.36. The average molecular weight is 142 g/mol. The van der Waals surface area contributed by atoms with Crippen molar-refractivity contribution in [1.29, 1.82) is 0 Å². The zero-order valence-electron chi connectivity index (χ0n) is 8.36. The van der Waals surface area contributed by atoms with Gasteiger partial charge in [0, 0.05) is 0 Å². The molecule has 0 heterocycles. The molecule has 0 nitrogen and oxygen atoms in total. The highest BCUT2D eigenvalue weighted by molar-refractivity contribution is 5.01. The molecule has 0 spiro atoms. The lowest BCUT2D eigenvalue weighted by Crippen LogP contribution is -1.90. The van der Waals surface area contributed by atoms with Crippen LogP contribution in [-0.2, 0) is 0 Å². The lowest BCUT2D eigenvalue weighted by atomic mass is 10.0. The molecule has 0 aromatic rings. The summed E-state index contributed by atoms with van der Waals surface area (Å²) < 4.78 is 0. The van der Waals surface area contributed by atoms with Crippen molar-refractivity contribution in [3.8, 4) is 0 Å². The van der Waals surface area contributed by atoms with Gasteiger partial charge >= 0.3 is 0 Å². The fraction of sp³-hybridized carbons (Fsp3) is 0.800. The molecule has 0 amide bonds. The molecule has 0 heteroatoms. The Morgan fingerprint density at radius 1 is 1.30 bits per heavy atom. The van der Waals surface area contributed by atoms with Gasteiger partial charge in [-0.3, -0.25) is 0 Å². The van der Waals surface area contributed by atoms with Crippen LogP contribution in [-0.4, -0.2) is 0 Å². The van der Waals surface area contributed by atoms with Gasteiger partial charge in [0.05, 0.1) is 0 Å². The number of allylic oxidation sites excluding steroid dienone is 2. The predicted octanol–water partition coefficient (Wildman–Crippen LogP) is 4.02. The minimum Gasteiger partial charge on any atom is -0.0882 e. The van der Waals surface area contributed by atoms with Crippen molar-refractivity contribution in [2.24, 2.45) is 5.92 Å². The second-order valence-corrected chi connectivity index (χ2v) is 2.37. The highest BCUT2D eigenvalue weighted by Gasteiger charge is 1.95. The highest BCUT2D eigenvalue weighted by Crippen LogP contribution is 2.11. The van der Waals surface area contributed by atoms with Crippen molar-refractivity contribution in [2.45, 2.75) is 48.0 Å². The van der Waals surface area contributed by atoms with Gasteiger partial charge in [0.25, 0.3) is 0 Å². The topological polar surface area (TPSA) is 0 Å². The van der Waals surface area contributed by atoms with E-state index in [4.69, 9.17) is 0 Å². The van der Waals surface area contributed by atoms with Crippen LogP contribution in [0.1, 0.15) is 48.0 Å². The molecule has 0 N–H and O–H groups in total. The molecule has 0 bridgehead atoms. The van der Waals surface area contributed by atoms with Gasteiger partial charge < -0.3 is 0 Å². The second kappa shape index (κ2) is 8.74. The Labute approximate surface area is 66.3 Å². The van der Waals surface area contributed by atoms with Gasteiger partial charge in [-0.25, -0.2) is 0 Å². The van der Waals surface area contributed by atoms with Crippen LogP contribution in [0.3, 0.4) is 0 Å². The standard InChI is InChI=1S/C8H16.C2H6/c1-5-8(6-2)7(3)4;1-2/h5,7H,6H2,1-4H3;1-2H3/b8-5-;. The summed E-state index contributed by atoms with van der Waals surface area (Å²) >= 11 is 0. The molecule has 0 aliphatic heterocycles. The van der Waals surface area contributed by atoms with Crippen molar-refractivity contribution in [3.05, 3.63) is 11.6 Å². The van der Waals surface area contributed by atoms with E-state index in [-0.39, 0.29) is 0 Å². The Bertz CT molecular complexity index is 78.0. The molecule has 0 saturated heterocycles. The molecule has 0 atom stereocenters. The molecular formula is C10H22. The third kappa shape index (κ3) is 5.87. The summed E-state index contributed by atoms with van der Waals surface area (Å²) in [5.74, 6) is 0.741. The SMILES string of the molecule is C/C=C(/CC)C(C)C.CC.